The minimum Gasteiger partial charge on any atom is -0.497 e. The zero-order valence-electron chi connectivity index (χ0n) is 16.9. The molecule has 1 amide bonds. The van der Waals surface area contributed by atoms with E-state index in [1.807, 2.05) is 29.2 Å². The van der Waals surface area contributed by atoms with Crippen LogP contribution in [0, 0.1) is 0 Å². The summed E-state index contributed by atoms with van der Waals surface area (Å²) in [5.41, 5.74) is 5.07. The molecular weight excluding hydrogens is 350 g/mol. The Morgan fingerprint density at radius 2 is 1.75 bits per heavy atom. The molecule has 0 spiro atoms. The van der Waals surface area contributed by atoms with Crippen LogP contribution in [0.4, 0.5) is 5.69 Å². The van der Waals surface area contributed by atoms with E-state index in [0.717, 1.165) is 50.5 Å². The SMILES string of the molecule is COc1ccc(CC(=O)N2CCc3cccc(N4CCN(C)CC4)c3C2)cc1. The number of carbonyl (C=O) groups excluding carboxylic acids is 1. The van der Waals surface area contributed by atoms with Crippen molar-refractivity contribution >= 4 is 11.6 Å². The normalized spacial score (nSPS) is 17.4. The van der Waals surface area contributed by atoms with Gasteiger partial charge in [0.2, 0.25) is 5.91 Å². The summed E-state index contributed by atoms with van der Waals surface area (Å²) in [6.45, 7) is 5.79. The fourth-order valence-electron chi connectivity index (χ4n) is 4.15. The van der Waals surface area contributed by atoms with Crippen LogP contribution in [0.1, 0.15) is 16.7 Å². The minimum atomic E-state index is 0.198. The Hall–Kier alpha value is -2.53. The highest BCUT2D eigenvalue weighted by Crippen LogP contribution is 2.30. The van der Waals surface area contributed by atoms with Gasteiger partial charge in [-0.25, -0.2) is 0 Å². The van der Waals surface area contributed by atoms with Crippen molar-refractivity contribution in [3.63, 3.8) is 0 Å². The van der Waals surface area contributed by atoms with E-state index in [2.05, 4.69) is 35.0 Å². The molecule has 28 heavy (non-hydrogen) atoms. The molecule has 0 aromatic heterocycles. The van der Waals surface area contributed by atoms with Gasteiger partial charge in [-0.05, 0) is 48.4 Å². The van der Waals surface area contributed by atoms with Crippen molar-refractivity contribution in [1.29, 1.82) is 0 Å². The second-order valence-electron chi connectivity index (χ2n) is 7.80. The van der Waals surface area contributed by atoms with E-state index in [1.54, 1.807) is 7.11 Å². The molecule has 0 atom stereocenters. The minimum absolute atomic E-state index is 0.198. The summed E-state index contributed by atoms with van der Waals surface area (Å²) in [5, 5.41) is 0. The van der Waals surface area contributed by atoms with E-state index in [1.165, 1.54) is 16.8 Å². The van der Waals surface area contributed by atoms with Gasteiger partial charge in [0, 0.05) is 45.0 Å². The maximum Gasteiger partial charge on any atom is 0.227 e. The standard InChI is InChI=1S/C23H29N3O2/c1-24-12-14-25(15-13-24)22-5-3-4-19-10-11-26(17-21(19)22)23(27)16-18-6-8-20(28-2)9-7-18/h3-9H,10-17H2,1-2H3. The summed E-state index contributed by atoms with van der Waals surface area (Å²) in [7, 11) is 3.83. The first kappa shape index (κ1) is 18.8. The van der Waals surface area contributed by atoms with Crippen molar-refractivity contribution < 1.29 is 9.53 Å². The highest BCUT2D eigenvalue weighted by Gasteiger charge is 2.25. The summed E-state index contributed by atoms with van der Waals surface area (Å²) in [4.78, 5) is 19.8. The molecule has 0 N–H and O–H groups in total. The Kier molecular flexibility index (Phi) is 5.53. The van der Waals surface area contributed by atoms with Crippen molar-refractivity contribution in [2.45, 2.75) is 19.4 Å². The van der Waals surface area contributed by atoms with Crippen LogP contribution in [0.5, 0.6) is 5.75 Å². The van der Waals surface area contributed by atoms with Crippen molar-refractivity contribution in [3.05, 3.63) is 59.2 Å². The third-order valence-electron chi connectivity index (χ3n) is 5.96. The quantitative estimate of drug-likeness (QED) is 0.818. The average Bonchev–Trinajstić information content (AvgIpc) is 2.74. The molecule has 2 aliphatic rings. The van der Waals surface area contributed by atoms with Gasteiger partial charge < -0.3 is 19.4 Å². The lowest BCUT2D eigenvalue weighted by Gasteiger charge is -2.38. The molecule has 0 unspecified atom stereocenters. The van der Waals surface area contributed by atoms with Crippen LogP contribution in [0.25, 0.3) is 0 Å². The summed E-state index contributed by atoms with van der Waals surface area (Å²) in [6, 6.07) is 14.4. The Bertz CT molecular complexity index is 826. The number of amides is 1. The van der Waals surface area contributed by atoms with E-state index in [4.69, 9.17) is 4.74 Å². The topological polar surface area (TPSA) is 36.0 Å². The Morgan fingerprint density at radius 1 is 1.00 bits per heavy atom. The van der Waals surface area contributed by atoms with E-state index in [-0.39, 0.29) is 5.91 Å². The molecule has 0 aliphatic carbocycles. The molecule has 0 radical (unpaired) electrons. The van der Waals surface area contributed by atoms with Gasteiger partial charge in [-0.3, -0.25) is 4.79 Å². The van der Waals surface area contributed by atoms with E-state index >= 15 is 0 Å². The van der Waals surface area contributed by atoms with Gasteiger partial charge in [0.05, 0.1) is 13.5 Å². The highest BCUT2D eigenvalue weighted by atomic mass is 16.5. The lowest BCUT2D eigenvalue weighted by molar-refractivity contribution is -0.131. The third-order valence-corrected chi connectivity index (χ3v) is 5.96. The number of ether oxygens (including phenoxy) is 1. The lowest BCUT2D eigenvalue weighted by atomic mass is 9.96. The Morgan fingerprint density at radius 3 is 2.46 bits per heavy atom. The summed E-state index contributed by atoms with van der Waals surface area (Å²) >= 11 is 0. The van der Waals surface area contributed by atoms with Gasteiger partial charge in [-0.15, -0.1) is 0 Å². The van der Waals surface area contributed by atoms with Gasteiger partial charge in [0.25, 0.3) is 0 Å². The monoisotopic (exact) mass is 379 g/mol. The molecule has 148 valence electrons. The molecular formula is C23H29N3O2. The number of rotatable bonds is 4. The molecule has 2 aromatic rings. The average molecular weight is 380 g/mol. The number of hydrogen-bond donors (Lipinski definition) is 0. The molecule has 4 rings (SSSR count). The van der Waals surface area contributed by atoms with Crippen LogP contribution >= 0.6 is 0 Å². The summed E-state index contributed by atoms with van der Waals surface area (Å²) in [6.07, 6.45) is 1.38. The zero-order valence-corrected chi connectivity index (χ0v) is 16.9. The number of likely N-dealkylation sites (N-methyl/N-ethyl adjacent to an activating group) is 1. The maximum absolute atomic E-state index is 12.9. The van der Waals surface area contributed by atoms with E-state index < -0.39 is 0 Å². The van der Waals surface area contributed by atoms with Crippen LogP contribution in [0.2, 0.25) is 0 Å². The molecule has 5 nitrogen and oxygen atoms in total. The van der Waals surface area contributed by atoms with Gasteiger partial charge >= 0.3 is 0 Å². The molecule has 5 heteroatoms. The predicted molar refractivity (Wildman–Crippen MR) is 112 cm³/mol. The van der Waals surface area contributed by atoms with Gasteiger partial charge in [0.1, 0.15) is 5.75 Å². The molecule has 0 bridgehead atoms. The first-order valence-corrected chi connectivity index (χ1v) is 10.1. The molecule has 0 saturated carbocycles. The number of benzene rings is 2. The number of fused-ring (bicyclic) bond motifs is 1. The molecule has 2 aliphatic heterocycles. The van der Waals surface area contributed by atoms with Gasteiger partial charge in [-0.2, -0.15) is 0 Å². The Balaban J connectivity index is 1.48. The highest BCUT2D eigenvalue weighted by molar-refractivity contribution is 5.79. The van der Waals surface area contributed by atoms with Crippen LogP contribution in [0.15, 0.2) is 42.5 Å². The van der Waals surface area contributed by atoms with Crippen molar-refractivity contribution in [2.24, 2.45) is 0 Å². The number of carbonyl (C=O) groups is 1. The molecule has 1 fully saturated rings. The van der Waals surface area contributed by atoms with Crippen LogP contribution < -0.4 is 9.64 Å². The fraction of sp³-hybridized carbons (Fsp3) is 0.435. The van der Waals surface area contributed by atoms with Crippen LogP contribution in [-0.2, 0) is 24.2 Å². The van der Waals surface area contributed by atoms with E-state index in [0.29, 0.717) is 13.0 Å². The van der Waals surface area contributed by atoms with Gasteiger partial charge in [0.15, 0.2) is 0 Å². The van der Waals surface area contributed by atoms with E-state index in [9.17, 15) is 4.79 Å². The molecule has 2 heterocycles. The van der Waals surface area contributed by atoms with Gasteiger partial charge in [-0.1, -0.05) is 24.3 Å². The van der Waals surface area contributed by atoms with Crippen molar-refractivity contribution in [3.8, 4) is 5.75 Å². The maximum atomic E-state index is 12.9. The lowest BCUT2D eigenvalue weighted by Crippen LogP contribution is -2.45. The number of nitrogens with zero attached hydrogens (tertiary/aromatic N) is 3. The number of hydrogen-bond acceptors (Lipinski definition) is 4. The first-order valence-electron chi connectivity index (χ1n) is 10.1. The first-order chi connectivity index (χ1) is 13.6. The molecule has 1 saturated heterocycles. The summed E-state index contributed by atoms with van der Waals surface area (Å²) in [5.74, 6) is 1.02. The second-order valence-corrected chi connectivity index (χ2v) is 7.80. The second kappa shape index (κ2) is 8.23. The number of anilines is 1. The smallest absolute Gasteiger partial charge is 0.227 e. The largest absolute Gasteiger partial charge is 0.497 e. The zero-order chi connectivity index (χ0) is 19.5. The summed E-state index contributed by atoms with van der Waals surface area (Å²) < 4.78 is 5.20. The predicted octanol–water partition coefficient (Wildman–Crippen LogP) is 2.57. The molecule has 2 aromatic carbocycles. The van der Waals surface area contributed by atoms with Crippen LogP contribution in [-0.4, -0.2) is 62.6 Å². The van der Waals surface area contributed by atoms with Crippen molar-refractivity contribution in [2.75, 3.05) is 51.8 Å². The number of piperazine rings is 1. The fourth-order valence-corrected chi connectivity index (χ4v) is 4.15. The Labute approximate surface area is 167 Å². The van der Waals surface area contributed by atoms with Crippen molar-refractivity contribution in [1.82, 2.24) is 9.80 Å². The van der Waals surface area contributed by atoms with Crippen LogP contribution in [0.3, 0.4) is 0 Å². The number of methoxy groups -OCH3 is 1. The third kappa shape index (κ3) is 3.99.